The molecule has 1 N–H and O–H groups in total. The summed E-state index contributed by atoms with van der Waals surface area (Å²) in [5.41, 5.74) is 1.17. The monoisotopic (exact) mass is 284 g/mol. The van der Waals surface area contributed by atoms with Gasteiger partial charge in [-0.15, -0.1) is 11.3 Å². The Bertz CT molecular complexity index is 712. The van der Waals surface area contributed by atoms with Crippen molar-refractivity contribution in [2.45, 2.75) is 12.5 Å². The molecule has 102 valence electrons. The van der Waals surface area contributed by atoms with Crippen LogP contribution >= 0.6 is 11.3 Å². The predicted molar refractivity (Wildman–Crippen MR) is 83.5 cm³/mol. The number of hydrogen-bond acceptors (Lipinski definition) is 3. The molecular formula is C17H16O2S. The molecule has 3 aromatic rings. The highest BCUT2D eigenvalue weighted by molar-refractivity contribution is 7.10. The third-order valence-electron chi connectivity index (χ3n) is 3.45. The van der Waals surface area contributed by atoms with Gasteiger partial charge in [-0.25, -0.2) is 0 Å². The van der Waals surface area contributed by atoms with Crippen molar-refractivity contribution < 1.29 is 9.84 Å². The molecule has 1 aromatic heterocycles. The Morgan fingerprint density at radius 3 is 2.75 bits per heavy atom. The van der Waals surface area contributed by atoms with Crippen LogP contribution in [0.25, 0.3) is 10.8 Å². The maximum absolute atomic E-state index is 10.4. The third-order valence-corrected chi connectivity index (χ3v) is 4.47. The number of methoxy groups -OCH3 is 1. The van der Waals surface area contributed by atoms with Crippen molar-refractivity contribution in [3.63, 3.8) is 0 Å². The van der Waals surface area contributed by atoms with Gasteiger partial charge in [0.1, 0.15) is 5.75 Å². The van der Waals surface area contributed by atoms with Crippen LogP contribution in [0.1, 0.15) is 16.5 Å². The zero-order valence-electron chi connectivity index (χ0n) is 11.2. The maximum atomic E-state index is 10.4. The minimum atomic E-state index is -0.491. The van der Waals surface area contributed by atoms with Gasteiger partial charge in [0.15, 0.2) is 0 Å². The Morgan fingerprint density at radius 1 is 1.15 bits per heavy atom. The van der Waals surface area contributed by atoms with Crippen LogP contribution in [-0.4, -0.2) is 12.2 Å². The van der Waals surface area contributed by atoms with Crippen molar-refractivity contribution in [2.24, 2.45) is 0 Å². The van der Waals surface area contributed by atoms with Crippen LogP contribution in [0.2, 0.25) is 0 Å². The third kappa shape index (κ3) is 2.55. The average molecular weight is 284 g/mol. The predicted octanol–water partition coefficient (Wildman–Crippen LogP) is 4.19. The van der Waals surface area contributed by atoms with Crippen LogP contribution in [0.4, 0.5) is 0 Å². The highest BCUT2D eigenvalue weighted by atomic mass is 32.1. The Labute approximate surface area is 122 Å². The van der Waals surface area contributed by atoms with Gasteiger partial charge in [-0.1, -0.05) is 42.5 Å². The van der Waals surface area contributed by atoms with Crippen LogP contribution < -0.4 is 4.74 Å². The van der Waals surface area contributed by atoms with E-state index in [0.29, 0.717) is 6.42 Å². The molecule has 0 aliphatic carbocycles. The van der Waals surface area contributed by atoms with E-state index < -0.39 is 6.10 Å². The Balaban J connectivity index is 1.89. The quantitative estimate of drug-likeness (QED) is 0.778. The van der Waals surface area contributed by atoms with Gasteiger partial charge in [-0.3, -0.25) is 0 Å². The van der Waals surface area contributed by atoms with E-state index in [1.165, 1.54) is 27.7 Å². The number of aliphatic hydroxyl groups is 1. The summed E-state index contributed by atoms with van der Waals surface area (Å²) in [4.78, 5) is 0.940. The summed E-state index contributed by atoms with van der Waals surface area (Å²) >= 11 is 1.53. The molecule has 0 aliphatic rings. The summed E-state index contributed by atoms with van der Waals surface area (Å²) in [6, 6.07) is 16.4. The average Bonchev–Trinajstić information content (AvgIpc) is 2.97. The van der Waals surface area contributed by atoms with Crippen molar-refractivity contribution in [3.05, 3.63) is 64.4 Å². The maximum Gasteiger partial charge on any atom is 0.129 e. The molecule has 20 heavy (non-hydrogen) atoms. The summed E-state index contributed by atoms with van der Waals surface area (Å²) in [6.45, 7) is 0. The molecule has 0 amide bonds. The molecule has 3 rings (SSSR count). The van der Waals surface area contributed by atoms with Gasteiger partial charge in [-0.05, 0) is 22.4 Å². The van der Waals surface area contributed by atoms with Crippen molar-refractivity contribution in [2.75, 3.05) is 7.11 Å². The van der Waals surface area contributed by atoms with Crippen molar-refractivity contribution in [1.29, 1.82) is 0 Å². The lowest BCUT2D eigenvalue weighted by atomic mass is 9.99. The molecule has 0 aliphatic heterocycles. The fourth-order valence-corrected chi connectivity index (χ4v) is 3.24. The Kier molecular flexibility index (Phi) is 3.72. The smallest absolute Gasteiger partial charge is 0.129 e. The molecule has 1 heterocycles. The van der Waals surface area contributed by atoms with Crippen molar-refractivity contribution in [1.82, 2.24) is 0 Å². The number of rotatable bonds is 4. The Hall–Kier alpha value is -1.84. The first-order chi connectivity index (χ1) is 9.78. The molecule has 3 heteroatoms. The topological polar surface area (TPSA) is 29.5 Å². The van der Waals surface area contributed by atoms with Crippen LogP contribution in [0.5, 0.6) is 5.75 Å². The van der Waals surface area contributed by atoms with E-state index in [9.17, 15) is 5.11 Å². The van der Waals surface area contributed by atoms with E-state index in [1.807, 2.05) is 29.6 Å². The second-order valence-electron chi connectivity index (χ2n) is 4.75. The van der Waals surface area contributed by atoms with Gasteiger partial charge in [0.05, 0.1) is 13.2 Å². The number of thiophene rings is 1. The van der Waals surface area contributed by atoms with Gasteiger partial charge in [0.25, 0.3) is 0 Å². The van der Waals surface area contributed by atoms with E-state index in [2.05, 4.69) is 24.3 Å². The summed E-state index contributed by atoms with van der Waals surface area (Å²) in [6.07, 6.45) is 0.125. The first-order valence-corrected chi connectivity index (χ1v) is 7.43. The highest BCUT2D eigenvalue weighted by Crippen LogP contribution is 2.30. The lowest BCUT2D eigenvalue weighted by molar-refractivity contribution is 0.182. The molecule has 0 spiro atoms. The summed E-state index contributed by atoms with van der Waals surface area (Å²) in [7, 11) is 1.64. The van der Waals surface area contributed by atoms with Gasteiger partial charge >= 0.3 is 0 Å². The highest BCUT2D eigenvalue weighted by Gasteiger charge is 2.13. The van der Waals surface area contributed by atoms with E-state index >= 15 is 0 Å². The van der Waals surface area contributed by atoms with Crippen LogP contribution in [0.15, 0.2) is 53.9 Å². The normalized spacial score (nSPS) is 12.5. The largest absolute Gasteiger partial charge is 0.496 e. The molecule has 0 saturated carbocycles. The van der Waals surface area contributed by atoms with Crippen LogP contribution in [-0.2, 0) is 6.42 Å². The zero-order chi connectivity index (χ0) is 13.9. The first-order valence-electron chi connectivity index (χ1n) is 6.55. The fourth-order valence-electron chi connectivity index (χ4n) is 2.40. The minimum Gasteiger partial charge on any atom is -0.496 e. The van der Waals surface area contributed by atoms with Crippen LogP contribution in [0, 0.1) is 0 Å². The first kappa shape index (κ1) is 13.2. The van der Waals surface area contributed by atoms with Gasteiger partial charge in [0.2, 0.25) is 0 Å². The molecule has 0 fully saturated rings. The molecule has 1 unspecified atom stereocenters. The lowest BCUT2D eigenvalue weighted by Crippen LogP contribution is -2.00. The standard InChI is InChI=1S/C17H16O2S/c1-19-14-10-17(20-11-14)16(18)9-13-7-4-6-12-5-2-3-8-15(12)13/h2-8,10-11,16,18H,9H2,1H3. The minimum absolute atomic E-state index is 0.491. The van der Waals surface area contributed by atoms with Crippen molar-refractivity contribution >= 4 is 22.1 Å². The molecule has 0 bridgehead atoms. The fraction of sp³-hybridized carbons (Fsp3) is 0.176. The number of benzene rings is 2. The van der Waals surface area contributed by atoms with E-state index in [0.717, 1.165) is 10.6 Å². The second-order valence-corrected chi connectivity index (χ2v) is 5.69. The van der Waals surface area contributed by atoms with E-state index in [1.54, 1.807) is 7.11 Å². The van der Waals surface area contributed by atoms with Gasteiger partial charge < -0.3 is 9.84 Å². The zero-order valence-corrected chi connectivity index (χ0v) is 12.1. The number of hydrogen-bond donors (Lipinski definition) is 1. The summed E-state index contributed by atoms with van der Waals surface area (Å²) in [5.74, 6) is 0.807. The van der Waals surface area contributed by atoms with Gasteiger partial charge in [0, 0.05) is 16.7 Å². The molecule has 1 atom stereocenters. The van der Waals surface area contributed by atoms with Gasteiger partial charge in [-0.2, -0.15) is 0 Å². The lowest BCUT2D eigenvalue weighted by Gasteiger charge is -2.11. The van der Waals surface area contributed by atoms with Crippen LogP contribution in [0.3, 0.4) is 0 Å². The molecular weight excluding hydrogens is 268 g/mol. The summed E-state index contributed by atoms with van der Waals surface area (Å²) in [5, 5.41) is 14.7. The molecule has 0 radical (unpaired) electrons. The van der Waals surface area contributed by atoms with E-state index in [4.69, 9.17) is 4.74 Å². The second kappa shape index (κ2) is 5.65. The molecule has 2 aromatic carbocycles. The van der Waals surface area contributed by atoms with E-state index in [-0.39, 0.29) is 0 Å². The summed E-state index contributed by atoms with van der Waals surface area (Å²) < 4.78 is 5.16. The molecule has 2 nitrogen and oxygen atoms in total. The Morgan fingerprint density at radius 2 is 1.95 bits per heavy atom. The van der Waals surface area contributed by atoms with Crippen molar-refractivity contribution in [3.8, 4) is 5.75 Å². The molecule has 0 saturated heterocycles. The number of ether oxygens (including phenoxy) is 1. The SMILES string of the molecule is COc1csc(C(O)Cc2cccc3ccccc23)c1. The number of aliphatic hydroxyl groups excluding tert-OH is 1. The number of fused-ring (bicyclic) bond motifs is 1.